The highest BCUT2D eigenvalue weighted by Gasteiger charge is 2.07. The van der Waals surface area contributed by atoms with Crippen LogP contribution in [-0.4, -0.2) is 9.78 Å². The van der Waals surface area contributed by atoms with Crippen molar-refractivity contribution in [2.45, 2.75) is 13.5 Å². The smallest absolute Gasteiger partial charge is 0.0643 e. The molecule has 3 N–H and O–H groups in total. The topological polar surface area (TPSA) is 55.9 Å². The first-order valence-corrected chi connectivity index (χ1v) is 6.20. The van der Waals surface area contributed by atoms with Gasteiger partial charge in [-0.3, -0.25) is 4.68 Å². The molecular formula is C12H14Cl2N4. The van der Waals surface area contributed by atoms with Crippen molar-refractivity contribution in [2.24, 2.45) is 7.05 Å². The molecule has 0 fully saturated rings. The van der Waals surface area contributed by atoms with Gasteiger partial charge in [0.25, 0.3) is 0 Å². The van der Waals surface area contributed by atoms with E-state index < -0.39 is 0 Å². The predicted molar refractivity (Wildman–Crippen MR) is 76.1 cm³/mol. The molecule has 1 heterocycles. The molecule has 0 bridgehead atoms. The lowest BCUT2D eigenvalue weighted by Gasteiger charge is -2.10. The highest BCUT2D eigenvalue weighted by atomic mass is 35.5. The zero-order chi connectivity index (χ0) is 13.3. The molecule has 0 saturated carbocycles. The number of nitrogens with one attached hydrogen (secondary N) is 1. The first-order valence-electron chi connectivity index (χ1n) is 5.45. The fourth-order valence-electron chi connectivity index (χ4n) is 1.73. The number of aromatic nitrogens is 2. The van der Waals surface area contributed by atoms with Crippen molar-refractivity contribution in [2.75, 3.05) is 11.1 Å². The minimum atomic E-state index is 0.456. The van der Waals surface area contributed by atoms with E-state index in [1.54, 1.807) is 16.8 Å². The Kier molecular flexibility index (Phi) is 3.68. The summed E-state index contributed by atoms with van der Waals surface area (Å²) in [7, 11) is 1.89. The van der Waals surface area contributed by atoms with Gasteiger partial charge in [0.2, 0.25) is 0 Å². The number of hydrogen-bond acceptors (Lipinski definition) is 3. The monoisotopic (exact) mass is 284 g/mol. The Bertz CT molecular complexity index is 578. The summed E-state index contributed by atoms with van der Waals surface area (Å²) in [6.45, 7) is 2.61. The van der Waals surface area contributed by atoms with Crippen molar-refractivity contribution in [3.63, 3.8) is 0 Å². The molecule has 18 heavy (non-hydrogen) atoms. The highest BCUT2D eigenvalue weighted by molar-refractivity contribution is 6.42. The first-order chi connectivity index (χ1) is 8.47. The number of nitrogens with zero attached hydrogens (tertiary/aromatic N) is 2. The van der Waals surface area contributed by atoms with E-state index in [4.69, 9.17) is 28.9 Å². The number of nitrogen functional groups attached to an aromatic ring is 1. The van der Waals surface area contributed by atoms with Crippen molar-refractivity contribution >= 4 is 34.6 Å². The van der Waals surface area contributed by atoms with Crippen molar-refractivity contribution < 1.29 is 0 Å². The van der Waals surface area contributed by atoms with Crippen molar-refractivity contribution in [1.82, 2.24) is 9.78 Å². The Morgan fingerprint density at radius 2 is 2.00 bits per heavy atom. The zero-order valence-corrected chi connectivity index (χ0v) is 11.7. The molecule has 4 nitrogen and oxygen atoms in total. The second-order valence-corrected chi connectivity index (χ2v) is 4.93. The molecule has 0 amide bonds. The minimum Gasteiger partial charge on any atom is -0.397 e. The van der Waals surface area contributed by atoms with Crippen LogP contribution in [0, 0.1) is 6.92 Å². The third-order valence-electron chi connectivity index (χ3n) is 2.68. The quantitative estimate of drug-likeness (QED) is 0.851. The maximum atomic E-state index is 5.96. The molecule has 2 rings (SSSR count). The van der Waals surface area contributed by atoms with Crippen LogP contribution in [0.3, 0.4) is 0 Å². The number of anilines is 2. The Morgan fingerprint density at radius 1 is 1.33 bits per heavy atom. The Hall–Kier alpha value is -1.39. The first kappa shape index (κ1) is 13.1. The van der Waals surface area contributed by atoms with Crippen LogP contribution in [0.2, 0.25) is 10.0 Å². The fourth-order valence-corrected chi connectivity index (χ4v) is 2.06. The summed E-state index contributed by atoms with van der Waals surface area (Å²) in [6.07, 6.45) is 1.97. The van der Waals surface area contributed by atoms with Crippen LogP contribution in [0.1, 0.15) is 11.3 Å². The molecule has 1 aromatic heterocycles. The Morgan fingerprint density at radius 3 is 2.61 bits per heavy atom. The predicted octanol–water partition coefficient (Wildman–Crippen LogP) is 3.23. The van der Waals surface area contributed by atoms with Crippen LogP contribution in [0.25, 0.3) is 0 Å². The van der Waals surface area contributed by atoms with Crippen LogP contribution in [0.15, 0.2) is 18.3 Å². The van der Waals surface area contributed by atoms with Gasteiger partial charge in [0.05, 0.1) is 27.1 Å². The van der Waals surface area contributed by atoms with Crippen molar-refractivity contribution in [3.05, 3.63) is 39.6 Å². The summed E-state index contributed by atoms with van der Waals surface area (Å²) in [5.74, 6) is 0. The summed E-state index contributed by atoms with van der Waals surface area (Å²) in [5.41, 5.74) is 9.32. The summed E-state index contributed by atoms with van der Waals surface area (Å²) in [4.78, 5) is 0. The molecule has 0 aliphatic carbocycles. The van der Waals surface area contributed by atoms with Gasteiger partial charge in [0.1, 0.15) is 0 Å². The summed E-state index contributed by atoms with van der Waals surface area (Å²) in [5, 5.41) is 8.44. The van der Waals surface area contributed by atoms with Gasteiger partial charge < -0.3 is 11.1 Å². The molecule has 96 valence electrons. The lowest BCUT2D eigenvalue weighted by molar-refractivity contribution is 0.756. The van der Waals surface area contributed by atoms with E-state index in [0.29, 0.717) is 22.3 Å². The average molecular weight is 285 g/mol. The van der Waals surface area contributed by atoms with Gasteiger partial charge in [0, 0.05) is 25.4 Å². The second-order valence-electron chi connectivity index (χ2n) is 4.12. The number of halogens is 2. The van der Waals surface area contributed by atoms with Crippen LogP contribution in [0.5, 0.6) is 0 Å². The number of rotatable bonds is 3. The minimum absolute atomic E-state index is 0.456. The molecule has 0 saturated heterocycles. The van der Waals surface area contributed by atoms with Gasteiger partial charge in [-0.25, -0.2) is 0 Å². The van der Waals surface area contributed by atoms with Gasteiger partial charge in [-0.1, -0.05) is 23.2 Å². The van der Waals surface area contributed by atoms with E-state index in [2.05, 4.69) is 10.4 Å². The van der Waals surface area contributed by atoms with Crippen molar-refractivity contribution in [1.29, 1.82) is 0 Å². The van der Waals surface area contributed by atoms with Gasteiger partial charge in [-0.2, -0.15) is 5.10 Å². The lowest BCUT2D eigenvalue weighted by atomic mass is 10.2. The second kappa shape index (κ2) is 5.08. The van der Waals surface area contributed by atoms with Crippen LogP contribution in [-0.2, 0) is 13.6 Å². The molecule has 0 atom stereocenters. The van der Waals surface area contributed by atoms with E-state index >= 15 is 0 Å². The fraction of sp³-hybridized carbons (Fsp3) is 0.250. The van der Waals surface area contributed by atoms with Crippen LogP contribution in [0.4, 0.5) is 11.4 Å². The normalized spacial score (nSPS) is 10.7. The molecule has 0 aliphatic rings. The molecule has 0 radical (unpaired) electrons. The van der Waals surface area contributed by atoms with Gasteiger partial charge in [-0.05, 0) is 19.1 Å². The SMILES string of the molecule is Cc1nn(C)cc1CNc1cc(Cl)c(Cl)cc1N. The largest absolute Gasteiger partial charge is 0.397 e. The number of nitrogens with two attached hydrogens (primary N) is 1. The van der Waals surface area contributed by atoms with E-state index in [1.807, 2.05) is 20.2 Å². The molecule has 2 aromatic rings. The molecule has 6 heteroatoms. The van der Waals surface area contributed by atoms with E-state index in [9.17, 15) is 0 Å². The average Bonchev–Trinajstić information content (AvgIpc) is 2.61. The molecule has 0 aliphatic heterocycles. The summed E-state index contributed by atoms with van der Waals surface area (Å²) in [6, 6.07) is 3.37. The maximum absolute atomic E-state index is 5.96. The van der Waals surface area contributed by atoms with Gasteiger partial charge in [0.15, 0.2) is 0 Å². The zero-order valence-electron chi connectivity index (χ0n) is 10.2. The molecule has 0 unspecified atom stereocenters. The van der Waals surface area contributed by atoms with Crippen LogP contribution >= 0.6 is 23.2 Å². The molecular weight excluding hydrogens is 271 g/mol. The van der Waals surface area contributed by atoms with E-state index in [1.165, 1.54) is 0 Å². The number of aryl methyl sites for hydroxylation is 2. The third kappa shape index (κ3) is 2.71. The standard InChI is InChI=1S/C12H14Cl2N4/c1-7-8(6-18(2)17-7)5-16-12-4-10(14)9(13)3-11(12)15/h3-4,6,16H,5,15H2,1-2H3. The van der Waals surface area contributed by atoms with Crippen molar-refractivity contribution in [3.8, 4) is 0 Å². The van der Waals surface area contributed by atoms with E-state index in [-0.39, 0.29) is 0 Å². The Labute approximate surface area is 116 Å². The van der Waals surface area contributed by atoms with Crippen LogP contribution < -0.4 is 11.1 Å². The van der Waals surface area contributed by atoms with E-state index in [0.717, 1.165) is 16.9 Å². The summed E-state index contributed by atoms with van der Waals surface area (Å²) < 4.78 is 1.78. The lowest BCUT2D eigenvalue weighted by Crippen LogP contribution is -2.03. The highest BCUT2D eigenvalue weighted by Crippen LogP contribution is 2.30. The molecule has 1 aromatic carbocycles. The summed E-state index contributed by atoms with van der Waals surface area (Å²) >= 11 is 11.8. The third-order valence-corrected chi connectivity index (χ3v) is 3.40. The maximum Gasteiger partial charge on any atom is 0.0643 e. The molecule has 0 spiro atoms. The van der Waals surface area contributed by atoms with Gasteiger partial charge in [-0.15, -0.1) is 0 Å². The number of hydrogen-bond donors (Lipinski definition) is 2. The Balaban J connectivity index is 2.15. The van der Waals surface area contributed by atoms with Gasteiger partial charge >= 0.3 is 0 Å². The number of benzene rings is 1.